The van der Waals surface area contributed by atoms with E-state index < -0.39 is 29.5 Å². The van der Waals surface area contributed by atoms with Gasteiger partial charge in [0, 0.05) is 0 Å². The summed E-state index contributed by atoms with van der Waals surface area (Å²) in [7, 11) is 0. The van der Waals surface area contributed by atoms with E-state index in [0.717, 1.165) is 17.4 Å². The lowest BCUT2D eigenvalue weighted by Crippen LogP contribution is -2.40. The summed E-state index contributed by atoms with van der Waals surface area (Å²) in [5.41, 5.74) is -1.28. The summed E-state index contributed by atoms with van der Waals surface area (Å²) in [6.45, 7) is 0. The average molecular weight is 452 g/mol. The molecule has 0 aromatic heterocycles. The minimum absolute atomic E-state index is 0.0275. The molecule has 6 atom stereocenters. The summed E-state index contributed by atoms with van der Waals surface area (Å²) in [6, 6.07) is 10.7. The number of amides is 3. The van der Waals surface area contributed by atoms with Crippen LogP contribution in [0.1, 0.15) is 22.3 Å². The van der Waals surface area contributed by atoms with Crippen molar-refractivity contribution in [3.63, 3.8) is 0 Å². The van der Waals surface area contributed by atoms with Gasteiger partial charge in [0.25, 0.3) is 5.91 Å². The van der Waals surface area contributed by atoms with Crippen LogP contribution in [0.5, 0.6) is 0 Å². The Hall–Kier alpha value is -3.42. The molecule has 0 unspecified atom stereocenters. The molecule has 3 fully saturated rings. The van der Waals surface area contributed by atoms with Crippen molar-refractivity contribution in [2.75, 3.05) is 10.2 Å². The molecular weight excluding hydrogens is 433 g/mol. The SMILES string of the molecule is O=C(Nc1ccccc1C(F)(F)F)c1ccccc1N1C(=O)[C@@H]2[C@H]3C=C[C@H]([C@H]4C[C@@H]34)[C@@H]2C1=O. The summed E-state index contributed by atoms with van der Waals surface area (Å²) in [6.07, 6.45) is 0.503. The maximum Gasteiger partial charge on any atom is 0.418 e. The van der Waals surface area contributed by atoms with E-state index in [2.05, 4.69) is 17.5 Å². The van der Waals surface area contributed by atoms with E-state index in [1.54, 1.807) is 12.1 Å². The quantitative estimate of drug-likeness (QED) is 0.550. The monoisotopic (exact) mass is 452 g/mol. The summed E-state index contributed by atoms with van der Waals surface area (Å²) in [4.78, 5) is 41.0. The predicted octanol–water partition coefficient (Wildman–Crippen LogP) is 4.52. The number of hydrogen-bond acceptors (Lipinski definition) is 3. The number of rotatable bonds is 3. The molecule has 3 amide bonds. The normalized spacial score (nSPS) is 31.4. The molecule has 1 N–H and O–H groups in total. The summed E-state index contributed by atoms with van der Waals surface area (Å²) in [5, 5.41) is 2.31. The molecule has 5 aliphatic rings. The van der Waals surface area contributed by atoms with Gasteiger partial charge in [-0.1, -0.05) is 36.4 Å². The zero-order valence-electron chi connectivity index (χ0n) is 17.3. The van der Waals surface area contributed by atoms with Gasteiger partial charge in [-0.15, -0.1) is 0 Å². The Morgan fingerprint density at radius 3 is 2.09 bits per heavy atom. The molecule has 0 spiro atoms. The van der Waals surface area contributed by atoms with Crippen molar-refractivity contribution in [3.8, 4) is 0 Å². The van der Waals surface area contributed by atoms with Crippen LogP contribution < -0.4 is 10.2 Å². The predicted molar refractivity (Wildman–Crippen MR) is 113 cm³/mol. The van der Waals surface area contributed by atoms with E-state index in [1.165, 1.54) is 30.3 Å². The molecule has 8 heteroatoms. The van der Waals surface area contributed by atoms with Crippen molar-refractivity contribution in [2.45, 2.75) is 12.6 Å². The van der Waals surface area contributed by atoms with Gasteiger partial charge < -0.3 is 5.32 Å². The number of allylic oxidation sites excluding steroid dienone is 2. The van der Waals surface area contributed by atoms with Crippen LogP contribution in [0.25, 0.3) is 0 Å². The first-order valence-corrected chi connectivity index (χ1v) is 10.9. The first-order valence-electron chi connectivity index (χ1n) is 10.9. The van der Waals surface area contributed by atoms with E-state index in [-0.39, 0.29) is 40.6 Å². The third-order valence-electron chi connectivity index (χ3n) is 7.53. The fourth-order valence-electron chi connectivity index (χ4n) is 6.08. The number of hydrogen-bond donors (Lipinski definition) is 1. The molecular formula is C25H19F3N2O3. The van der Waals surface area contributed by atoms with Crippen molar-refractivity contribution in [2.24, 2.45) is 35.5 Å². The topological polar surface area (TPSA) is 66.5 Å². The minimum atomic E-state index is -4.65. The highest BCUT2D eigenvalue weighted by Gasteiger charge is 2.67. The number of halogens is 3. The van der Waals surface area contributed by atoms with Crippen LogP contribution in [0.15, 0.2) is 60.7 Å². The Labute approximate surface area is 187 Å². The average Bonchev–Trinajstić information content (AvgIpc) is 3.57. The number of carbonyl (C=O) groups excluding carboxylic acids is 3. The van der Waals surface area contributed by atoms with Crippen LogP contribution in [0.4, 0.5) is 24.5 Å². The van der Waals surface area contributed by atoms with Crippen LogP contribution >= 0.6 is 0 Å². The van der Waals surface area contributed by atoms with Gasteiger partial charge in [-0.25, -0.2) is 4.90 Å². The number of nitrogens with one attached hydrogen (secondary N) is 1. The lowest BCUT2D eigenvalue weighted by atomic mass is 9.63. The van der Waals surface area contributed by atoms with Gasteiger partial charge in [0.1, 0.15) is 0 Å². The molecule has 168 valence electrons. The highest BCUT2D eigenvalue weighted by Crippen LogP contribution is 2.65. The van der Waals surface area contributed by atoms with Gasteiger partial charge in [0.2, 0.25) is 11.8 Å². The Balaban J connectivity index is 1.34. The molecule has 2 bridgehead atoms. The maximum atomic E-state index is 13.4. The smallest absolute Gasteiger partial charge is 0.321 e. The second-order valence-electron chi connectivity index (χ2n) is 9.18. The minimum Gasteiger partial charge on any atom is -0.321 e. The zero-order chi connectivity index (χ0) is 23.1. The number of nitrogens with zero attached hydrogens (tertiary/aromatic N) is 1. The zero-order valence-corrected chi connectivity index (χ0v) is 17.3. The molecule has 7 rings (SSSR count). The number of anilines is 2. The fourth-order valence-corrected chi connectivity index (χ4v) is 6.08. The largest absolute Gasteiger partial charge is 0.418 e. The van der Waals surface area contributed by atoms with Crippen LogP contribution in [0.3, 0.4) is 0 Å². The highest BCUT2D eigenvalue weighted by molar-refractivity contribution is 6.25. The Morgan fingerprint density at radius 2 is 1.45 bits per heavy atom. The maximum absolute atomic E-state index is 13.4. The van der Waals surface area contributed by atoms with Crippen molar-refractivity contribution >= 4 is 29.1 Å². The molecule has 33 heavy (non-hydrogen) atoms. The van der Waals surface area contributed by atoms with E-state index in [4.69, 9.17) is 0 Å². The van der Waals surface area contributed by atoms with Gasteiger partial charge in [0.15, 0.2) is 0 Å². The lowest BCUT2D eigenvalue weighted by molar-refractivity contribution is -0.137. The van der Waals surface area contributed by atoms with Crippen molar-refractivity contribution in [1.82, 2.24) is 0 Å². The Bertz CT molecular complexity index is 1200. The third-order valence-corrected chi connectivity index (χ3v) is 7.53. The second kappa shape index (κ2) is 6.79. The van der Waals surface area contributed by atoms with Gasteiger partial charge in [-0.2, -0.15) is 13.2 Å². The molecule has 2 saturated carbocycles. The molecule has 0 radical (unpaired) electrons. The molecule has 4 aliphatic carbocycles. The summed E-state index contributed by atoms with van der Waals surface area (Å²) in [5.74, 6) is -1.39. The Morgan fingerprint density at radius 1 is 0.879 bits per heavy atom. The Kier molecular flexibility index (Phi) is 4.16. The lowest BCUT2D eigenvalue weighted by Gasteiger charge is -2.37. The molecule has 1 saturated heterocycles. The van der Waals surface area contributed by atoms with Gasteiger partial charge in [-0.3, -0.25) is 14.4 Å². The van der Waals surface area contributed by atoms with E-state index in [9.17, 15) is 27.6 Å². The molecule has 5 nitrogen and oxygen atoms in total. The fraction of sp³-hybridized carbons (Fsp3) is 0.320. The van der Waals surface area contributed by atoms with E-state index in [1.807, 2.05) is 0 Å². The number of carbonyl (C=O) groups is 3. The van der Waals surface area contributed by atoms with Crippen LogP contribution in [-0.2, 0) is 15.8 Å². The van der Waals surface area contributed by atoms with Crippen LogP contribution in [-0.4, -0.2) is 17.7 Å². The third kappa shape index (κ3) is 2.89. The summed E-state index contributed by atoms with van der Waals surface area (Å²) < 4.78 is 40.1. The number of para-hydroxylation sites is 2. The molecule has 1 aliphatic heterocycles. The molecule has 1 heterocycles. The van der Waals surface area contributed by atoms with Crippen molar-refractivity contribution < 1.29 is 27.6 Å². The first kappa shape index (κ1) is 20.2. The van der Waals surface area contributed by atoms with E-state index in [0.29, 0.717) is 11.8 Å². The van der Waals surface area contributed by atoms with Crippen LogP contribution in [0.2, 0.25) is 0 Å². The summed E-state index contributed by atoms with van der Waals surface area (Å²) >= 11 is 0. The standard InChI is InChI=1S/C25H19F3N2O3/c26-25(27,28)17-6-2-3-7-18(17)29-22(31)14-5-1-4-8-19(14)30-23(32)20-12-9-10-13(16-11-15(12)16)21(20)24(30)33/h1-10,12-13,15-16,20-21H,11H2,(H,29,31)/t12-,13+,15-,16+,20+,21-. The molecule has 2 aromatic carbocycles. The second-order valence-corrected chi connectivity index (χ2v) is 9.18. The van der Waals surface area contributed by atoms with Gasteiger partial charge >= 0.3 is 6.18 Å². The number of benzene rings is 2. The first-order chi connectivity index (χ1) is 15.8. The molecule has 2 aromatic rings. The van der Waals surface area contributed by atoms with E-state index >= 15 is 0 Å². The number of alkyl halides is 3. The van der Waals surface area contributed by atoms with Crippen molar-refractivity contribution in [3.05, 3.63) is 71.8 Å². The van der Waals surface area contributed by atoms with Crippen LogP contribution in [0, 0.1) is 35.5 Å². The van der Waals surface area contributed by atoms with Gasteiger partial charge in [0.05, 0.1) is 34.3 Å². The van der Waals surface area contributed by atoms with Gasteiger partial charge in [-0.05, 0) is 54.4 Å². The highest BCUT2D eigenvalue weighted by atomic mass is 19.4. The number of imide groups is 1. The van der Waals surface area contributed by atoms with Crippen molar-refractivity contribution in [1.29, 1.82) is 0 Å².